The lowest BCUT2D eigenvalue weighted by atomic mass is 10.1. The number of nitrogens with one attached hydrogen (secondary N) is 1. The molecule has 0 saturated heterocycles. The van der Waals surface area contributed by atoms with E-state index in [4.69, 9.17) is 11.6 Å². The summed E-state index contributed by atoms with van der Waals surface area (Å²) in [6.07, 6.45) is 0.705. The maximum Gasteiger partial charge on any atom is 0.324 e. The van der Waals surface area contributed by atoms with Crippen molar-refractivity contribution in [2.24, 2.45) is 7.05 Å². The van der Waals surface area contributed by atoms with Gasteiger partial charge in [0.05, 0.1) is 28.6 Å². The second kappa shape index (κ2) is 10.2. The Morgan fingerprint density at radius 3 is 2.38 bits per heavy atom. The van der Waals surface area contributed by atoms with Crippen LogP contribution in [-0.4, -0.2) is 37.2 Å². The molecule has 1 amide bonds. The Morgan fingerprint density at radius 1 is 1.15 bits per heavy atom. The van der Waals surface area contributed by atoms with Crippen LogP contribution in [-0.2, 0) is 26.4 Å². The summed E-state index contributed by atoms with van der Waals surface area (Å²) < 4.78 is 32.4. The molecule has 0 spiro atoms. The first-order valence-electron chi connectivity index (χ1n) is 11.0. The molecule has 0 aliphatic heterocycles. The fourth-order valence-electron chi connectivity index (χ4n) is 3.99. The highest BCUT2D eigenvalue weighted by molar-refractivity contribution is 7.92. The van der Waals surface area contributed by atoms with E-state index in [2.05, 4.69) is 10.1 Å². The summed E-state index contributed by atoms with van der Waals surface area (Å²) in [6.45, 7) is 5.57. The van der Waals surface area contributed by atoms with Crippen molar-refractivity contribution in [1.82, 2.24) is 9.88 Å². The second-order valence-electron chi connectivity index (χ2n) is 8.38. The monoisotopic (exact) mass is 504 g/mol. The number of carbonyl (C=O) groups excluding carboxylic acids is 2. The van der Waals surface area contributed by atoms with Gasteiger partial charge in [0, 0.05) is 12.4 Å². The van der Waals surface area contributed by atoms with Gasteiger partial charge in [-0.15, -0.1) is 0 Å². The summed E-state index contributed by atoms with van der Waals surface area (Å²) in [5.41, 5.74) is 3.06. The van der Waals surface area contributed by atoms with E-state index < -0.39 is 21.1 Å². The smallest absolute Gasteiger partial charge is 0.324 e. The molecule has 9 heteroatoms. The van der Waals surface area contributed by atoms with Crippen molar-refractivity contribution in [1.29, 1.82) is 0 Å². The van der Waals surface area contributed by atoms with Crippen molar-refractivity contribution in [3.63, 3.8) is 0 Å². The van der Waals surface area contributed by atoms with E-state index in [0.29, 0.717) is 17.1 Å². The molecule has 0 fully saturated rings. The minimum absolute atomic E-state index is 0.0392. The number of hydrogen-bond donors (Lipinski definition) is 1. The highest BCUT2D eigenvalue weighted by atomic mass is 35.5. The lowest BCUT2D eigenvalue weighted by Gasteiger charge is -2.17. The van der Waals surface area contributed by atoms with Gasteiger partial charge in [-0.25, -0.2) is 8.42 Å². The number of benzene rings is 2. The van der Waals surface area contributed by atoms with Gasteiger partial charge >= 0.3 is 5.97 Å². The zero-order valence-electron chi connectivity index (χ0n) is 19.9. The van der Waals surface area contributed by atoms with Gasteiger partial charge in [0.1, 0.15) is 5.69 Å². The van der Waals surface area contributed by atoms with Crippen LogP contribution in [0.1, 0.15) is 54.3 Å². The highest BCUT2D eigenvalue weighted by Gasteiger charge is 2.34. The molecule has 1 unspecified atom stereocenters. The summed E-state index contributed by atoms with van der Waals surface area (Å²) in [6, 6.07) is 11.4. The summed E-state index contributed by atoms with van der Waals surface area (Å²) in [5, 5.41) is 3.09. The Labute approximate surface area is 205 Å². The van der Waals surface area contributed by atoms with E-state index in [9.17, 15) is 18.0 Å². The number of nitrogens with zero attached hydrogens (tertiary/aromatic N) is 1. The van der Waals surface area contributed by atoms with Crippen LogP contribution in [0.2, 0.25) is 5.02 Å². The van der Waals surface area contributed by atoms with Gasteiger partial charge in [-0.2, -0.15) is 0 Å². The number of rotatable bonds is 8. The number of esters is 1. The van der Waals surface area contributed by atoms with Gasteiger partial charge in [-0.3, -0.25) is 9.59 Å². The Balaban J connectivity index is 1.81. The number of hydrogen-bond acceptors (Lipinski definition) is 5. The third-order valence-electron chi connectivity index (χ3n) is 5.93. The van der Waals surface area contributed by atoms with Crippen LogP contribution in [0.4, 0.5) is 0 Å². The summed E-state index contributed by atoms with van der Waals surface area (Å²) in [4.78, 5) is 25.1. The summed E-state index contributed by atoms with van der Waals surface area (Å²) in [5.74, 6) is -1.04. The number of sulfone groups is 1. The molecular weight excluding hydrogens is 476 g/mol. The van der Waals surface area contributed by atoms with Gasteiger partial charge in [-0.1, -0.05) is 37.1 Å². The average Bonchev–Trinajstić information content (AvgIpc) is 3.13. The first kappa shape index (κ1) is 25.8. The molecule has 0 radical (unpaired) electrons. The largest absolute Gasteiger partial charge is 0.468 e. The van der Waals surface area contributed by atoms with E-state index >= 15 is 0 Å². The third kappa shape index (κ3) is 4.98. The molecule has 0 saturated carbocycles. The molecule has 1 aromatic heterocycles. The van der Waals surface area contributed by atoms with Crippen molar-refractivity contribution < 1.29 is 22.7 Å². The molecular formula is C25H29ClN2O5S. The lowest BCUT2D eigenvalue weighted by Crippen LogP contribution is -2.31. The molecule has 2 atom stereocenters. The fourth-order valence-corrected chi connectivity index (χ4v) is 6.06. The summed E-state index contributed by atoms with van der Waals surface area (Å²) in [7, 11) is -0.899. The quantitative estimate of drug-likeness (QED) is 0.447. The highest BCUT2D eigenvalue weighted by Crippen LogP contribution is 2.28. The maximum atomic E-state index is 13.0. The maximum absolute atomic E-state index is 13.0. The van der Waals surface area contributed by atoms with Crippen molar-refractivity contribution in [3.8, 4) is 0 Å². The normalized spacial score (nSPS) is 13.5. The topological polar surface area (TPSA) is 94.5 Å². The number of carbonyl (C=O) groups is 2. The van der Waals surface area contributed by atoms with Crippen molar-refractivity contribution >= 4 is 44.2 Å². The Hall–Kier alpha value is -2.84. The Morgan fingerprint density at radius 2 is 1.79 bits per heavy atom. The predicted octanol–water partition coefficient (Wildman–Crippen LogP) is 4.75. The number of halogens is 1. The molecule has 34 heavy (non-hydrogen) atoms. The minimum atomic E-state index is -3.89. The van der Waals surface area contributed by atoms with Gasteiger partial charge in [0.2, 0.25) is 0 Å². The summed E-state index contributed by atoms with van der Waals surface area (Å²) >= 11 is 6.35. The van der Waals surface area contributed by atoms with Crippen LogP contribution in [0.5, 0.6) is 0 Å². The fraction of sp³-hybridized carbons (Fsp3) is 0.360. The molecule has 182 valence electrons. The van der Waals surface area contributed by atoms with Crippen LogP contribution in [0, 0.1) is 6.92 Å². The van der Waals surface area contributed by atoms with Crippen LogP contribution < -0.4 is 5.32 Å². The molecule has 1 heterocycles. The van der Waals surface area contributed by atoms with E-state index in [1.54, 1.807) is 22.8 Å². The number of amides is 1. The van der Waals surface area contributed by atoms with E-state index in [0.717, 1.165) is 22.0 Å². The van der Waals surface area contributed by atoms with Crippen LogP contribution in [0.25, 0.3) is 10.9 Å². The van der Waals surface area contributed by atoms with Gasteiger partial charge in [-0.05, 0) is 61.7 Å². The van der Waals surface area contributed by atoms with E-state index in [1.807, 2.05) is 40.0 Å². The Bertz CT molecular complexity index is 1330. The standard InChI is InChI=1S/C25H29ClN2O5S/c1-6-7-23(25(30)33-5)34(31,32)18-10-8-17(9-11-18)16(3)27-24(29)22-14-19-20(26)12-15(2)13-21(19)28(22)4/h8-14,16,23H,6-7H2,1-5H3,(H,27,29)/t16-,23?/m1/s1. The van der Waals surface area contributed by atoms with Crippen molar-refractivity contribution in [2.75, 3.05) is 7.11 Å². The number of aryl methyl sites for hydroxylation is 2. The third-order valence-corrected chi connectivity index (χ3v) is 8.35. The van der Waals surface area contributed by atoms with Crippen LogP contribution >= 0.6 is 11.6 Å². The molecule has 0 bridgehead atoms. The molecule has 0 aliphatic carbocycles. The Kier molecular flexibility index (Phi) is 7.73. The lowest BCUT2D eigenvalue weighted by molar-refractivity contribution is -0.140. The zero-order valence-corrected chi connectivity index (χ0v) is 21.5. The molecule has 1 N–H and O–H groups in total. The SMILES string of the molecule is CCCC(C(=O)OC)S(=O)(=O)c1ccc([C@@H](C)NC(=O)c2cc3c(Cl)cc(C)cc3n2C)cc1. The van der Waals surface area contributed by atoms with Gasteiger partial charge in [0.15, 0.2) is 15.1 Å². The molecule has 3 aromatic rings. The predicted molar refractivity (Wildman–Crippen MR) is 133 cm³/mol. The van der Waals surface area contributed by atoms with Crippen LogP contribution in [0.3, 0.4) is 0 Å². The average molecular weight is 505 g/mol. The number of fused-ring (bicyclic) bond motifs is 1. The zero-order chi connectivity index (χ0) is 25.2. The molecule has 2 aromatic carbocycles. The number of methoxy groups -OCH3 is 1. The van der Waals surface area contributed by atoms with Gasteiger partial charge in [0.25, 0.3) is 5.91 Å². The second-order valence-corrected chi connectivity index (χ2v) is 10.9. The first-order chi connectivity index (χ1) is 16.0. The van der Waals surface area contributed by atoms with E-state index in [1.165, 1.54) is 19.2 Å². The van der Waals surface area contributed by atoms with Crippen LogP contribution in [0.15, 0.2) is 47.4 Å². The van der Waals surface area contributed by atoms with Gasteiger partial charge < -0.3 is 14.6 Å². The van der Waals surface area contributed by atoms with Crippen molar-refractivity contribution in [2.45, 2.75) is 49.8 Å². The minimum Gasteiger partial charge on any atom is -0.468 e. The number of ether oxygens (including phenoxy) is 1. The number of aromatic nitrogens is 1. The molecule has 3 rings (SSSR count). The van der Waals surface area contributed by atoms with Crippen molar-refractivity contribution in [3.05, 3.63) is 64.3 Å². The molecule has 0 aliphatic rings. The molecule has 7 nitrogen and oxygen atoms in total. The van der Waals surface area contributed by atoms with E-state index in [-0.39, 0.29) is 23.3 Å². The first-order valence-corrected chi connectivity index (χ1v) is 12.9.